The molecule has 6 nitrogen and oxygen atoms in total. The zero-order chi connectivity index (χ0) is 20.1. The van der Waals surface area contributed by atoms with E-state index >= 15 is 0 Å². The fourth-order valence-corrected chi connectivity index (χ4v) is 3.01. The Balaban J connectivity index is 1.77. The van der Waals surface area contributed by atoms with Crippen LogP contribution in [0.5, 0.6) is 5.75 Å². The van der Waals surface area contributed by atoms with E-state index in [1.165, 1.54) is 0 Å². The van der Waals surface area contributed by atoms with Crippen molar-refractivity contribution in [3.05, 3.63) is 75.0 Å². The summed E-state index contributed by atoms with van der Waals surface area (Å²) in [5.41, 5.74) is 4.47. The smallest absolute Gasteiger partial charge is 0.227 e. The number of aromatic nitrogens is 2. The molecule has 0 fully saturated rings. The van der Waals surface area contributed by atoms with Crippen molar-refractivity contribution in [2.24, 2.45) is 0 Å². The maximum Gasteiger partial charge on any atom is 0.227 e. The van der Waals surface area contributed by atoms with Crippen LogP contribution in [0.15, 0.2) is 47.1 Å². The minimum absolute atomic E-state index is 0.249. The number of anilines is 2. The maximum absolute atomic E-state index is 9.07. The van der Waals surface area contributed by atoms with Crippen molar-refractivity contribution >= 4 is 27.6 Å². The van der Waals surface area contributed by atoms with Crippen molar-refractivity contribution in [2.75, 3.05) is 5.32 Å². The van der Waals surface area contributed by atoms with Gasteiger partial charge < -0.3 is 10.1 Å². The first-order valence-electron chi connectivity index (χ1n) is 8.43. The van der Waals surface area contributed by atoms with Crippen LogP contribution in [0.1, 0.15) is 27.9 Å². The molecule has 1 heterocycles. The van der Waals surface area contributed by atoms with Gasteiger partial charge in [0, 0.05) is 11.9 Å². The van der Waals surface area contributed by atoms with Crippen molar-refractivity contribution in [3.63, 3.8) is 0 Å². The van der Waals surface area contributed by atoms with Gasteiger partial charge in [-0.25, -0.2) is 9.97 Å². The Morgan fingerprint density at radius 1 is 1.04 bits per heavy atom. The highest BCUT2D eigenvalue weighted by Crippen LogP contribution is 2.27. The summed E-state index contributed by atoms with van der Waals surface area (Å²) >= 11 is 3.46. The molecule has 1 aromatic heterocycles. The second-order valence-electron chi connectivity index (χ2n) is 6.14. The average Bonchev–Trinajstić information content (AvgIpc) is 2.70. The van der Waals surface area contributed by atoms with E-state index in [0.29, 0.717) is 22.8 Å². The lowest BCUT2D eigenvalue weighted by atomic mass is 10.1. The van der Waals surface area contributed by atoms with Gasteiger partial charge in [0.2, 0.25) is 5.95 Å². The van der Waals surface area contributed by atoms with E-state index in [1.54, 1.807) is 42.6 Å². The van der Waals surface area contributed by atoms with E-state index in [1.807, 2.05) is 13.8 Å². The standard InChI is InChI=1S/C21H16BrN5O/c1-13-7-16(10-24)8-14(2)20(13)28-12-19-18(22)11-25-21(27-19)26-17-5-3-15(9-23)4-6-17/h3-8,11H,12H2,1-2H3,(H,25,26,27). The summed E-state index contributed by atoms with van der Waals surface area (Å²) in [6.45, 7) is 4.07. The SMILES string of the molecule is Cc1cc(C#N)cc(C)c1OCc1nc(Nc2ccc(C#N)cc2)ncc1Br. The number of nitrogens with one attached hydrogen (secondary N) is 1. The first-order valence-corrected chi connectivity index (χ1v) is 9.22. The topological polar surface area (TPSA) is 94.6 Å². The van der Waals surface area contributed by atoms with Gasteiger partial charge in [0.05, 0.1) is 33.4 Å². The van der Waals surface area contributed by atoms with Gasteiger partial charge in [0.15, 0.2) is 0 Å². The van der Waals surface area contributed by atoms with E-state index in [0.717, 1.165) is 27.0 Å². The first kappa shape index (κ1) is 19.3. The van der Waals surface area contributed by atoms with Gasteiger partial charge in [-0.1, -0.05) is 0 Å². The molecule has 0 spiro atoms. The molecule has 0 aliphatic heterocycles. The van der Waals surface area contributed by atoms with E-state index in [2.05, 4.69) is 43.4 Å². The molecule has 3 rings (SSSR count). The van der Waals surface area contributed by atoms with Crippen LogP contribution < -0.4 is 10.1 Å². The highest BCUT2D eigenvalue weighted by molar-refractivity contribution is 9.10. The summed E-state index contributed by atoms with van der Waals surface area (Å²) in [5.74, 6) is 1.17. The quantitative estimate of drug-likeness (QED) is 0.613. The molecule has 0 saturated carbocycles. The number of aryl methyl sites for hydroxylation is 2. The number of hydrogen-bond donors (Lipinski definition) is 1. The highest BCUT2D eigenvalue weighted by atomic mass is 79.9. The molecule has 2 aromatic carbocycles. The molecule has 1 N–H and O–H groups in total. The van der Waals surface area contributed by atoms with Crippen molar-refractivity contribution in [2.45, 2.75) is 20.5 Å². The number of nitriles is 2. The van der Waals surface area contributed by atoms with Gasteiger partial charge in [-0.2, -0.15) is 10.5 Å². The van der Waals surface area contributed by atoms with E-state index in [-0.39, 0.29) is 6.61 Å². The van der Waals surface area contributed by atoms with Crippen LogP contribution in [0, 0.1) is 36.5 Å². The number of halogens is 1. The van der Waals surface area contributed by atoms with Crippen LogP contribution in [0.3, 0.4) is 0 Å². The van der Waals surface area contributed by atoms with Gasteiger partial charge in [0.25, 0.3) is 0 Å². The Bertz CT molecular complexity index is 1070. The molecule has 3 aromatic rings. The number of hydrogen-bond acceptors (Lipinski definition) is 6. The highest BCUT2D eigenvalue weighted by Gasteiger charge is 2.11. The Labute approximate surface area is 171 Å². The molecule has 0 amide bonds. The summed E-state index contributed by atoms with van der Waals surface area (Å²) in [4.78, 5) is 8.77. The molecule has 0 saturated heterocycles. The zero-order valence-corrected chi connectivity index (χ0v) is 16.9. The Morgan fingerprint density at radius 3 is 2.29 bits per heavy atom. The van der Waals surface area contributed by atoms with E-state index in [9.17, 15) is 0 Å². The number of benzene rings is 2. The van der Waals surface area contributed by atoms with Crippen LogP contribution in [0.2, 0.25) is 0 Å². The molecule has 0 radical (unpaired) electrons. The van der Waals surface area contributed by atoms with Gasteiger partial charge >= 0.3 is 0 Å². The fourth-order valence-electron chi connectivity index (χ4n) is 2.70. The van der Waals surface area contributed by atoms with Crippen molar-refractivity contribution in [1.82, 2.24) is 9.97 Å². The number of rotatable bonds is 5. The van der Waals surface area contributed by atoms with E-state index in [4.69, 9.17) is 15.3 Å². The van der Waals surface area contributed by atoms with Crippen LogP contribution >= 0.6 is 15.9 Å². The predicted octanol–water partition coefficient (Wildman–Crippen LogP) is 4.92. The zero-order valence-electron chi connectivity index (χ0n) is 15.3. The third kappa shape index (κ3) is 4.46. The van der Waals surface area contributed by atoms with Gasteiger partial charge in [-0.3, -0.25) is 0 Å². The fraction of sp³-hybridized carbons (Fsp3) is 0.143. The monoisotopic (exact) mass is 433 g/mol. The minimum atomic E-state index is 0.249. The lowest BCUT2D eigenvalue weighted by Crippen LogP contribution is -2.06. The average molecular weight is 434 g/mol. The Kier molecular flexibility index (Phi) is 5.88. The third-order valence-corrected chi connectivity index (χ3v) is 4.69. The molecule has 138 valence electrons. The second kappa shape index (κ2) is 8.51. The third-order valence-electron chi connectivity index (χ3n) is 4.03. The van der Waals surface area contributed by atoms with Crippen LogP contribution in [-0.2, 0) is 6.61 Å². The minimum Gasteiger partial charge on any atom is -0.487 e. The summed E-state index contributed by atoms with van der Waals surface area (Å²) in [5, 5.41) is 21.1. The van der Waals surface area contributed by atoms with Gasteiger partial charge in [-0.05, 0) is 77.3 Å². The van der Waals surface area contributed by atoms with Crippen molar-refractivity contribution < 1.29 is 4.74 Å². The van der Waals surface area contributed by atoms with Crippen LogP contribution in [0.4, 0.5) is 11.6 Å². The normalized spacial score (nSPS) is 10.0. The van der Waals surface area contributed by atoms with Gasteiger partial charge in [0.1, 0.15) is 12.4 Å². The molecule has 0 aliphatic carbocycles. The lowest BCUT2D eigenvalue weighted by molar-refractivity contribution is 0.296. The molecule has 0 aliphatic rings. The molecular formula is C21H16BrN5O. The molecule has 7 heteroatoms. The van der Waals surface area contributed by atoms with Crippen LogP contribution in [-0.4, -0.2) is 9.97 Å². The largest absolute Gasteiger partial charge is 0.487 e. The van der Waals surface area contributed by atoms with Crippen molar-refractivity contribution in [3.8, 4) is 17.9 Å². The van der Waals surface area contributed by atoms with E-state index < -0.39 is 0 Å². The summed E-state index contributed by atoms with van der Waals surface area (Å²) < 4.78 is 6.71. The first-order chi connectivity index (χ1) is 13.5. The molecule has 0 unspecified atom stereocenters. The van der Waals surface area contributed by atoms with Crippen LogP contribution in [0.25, 0.3) is 0 Å². The molecule has 0 bridgehead atoms. The summed E-state index contributed by atoms with van der Waals surface area (Å²) in [6.07, 6.45) is 1.66. The number of ether oxygens (including phenoxy) is 1. The lowest BCUT2D eigenvalue weighted by Gasteiger charge is -2.13. The van der Waals surface area contributed by atoms with Gasteiger partial charge in [-0.15, -0.1) is 0 Å². The molecule has 0 atom stereocenters. The number of nitrogens with zero attached hydrogens (tertiary/aromatic N) is 4. The summed E-state index contributed by atoms with van der Waals surface area (Å²) in [6, 6.07) is 14.9. The molecular weight excluding hydrogens is 418 g/mol. The Hall–Kier alpha value is -3.42. The second-order valence-corrected chi connectivity index (χ2v) is 7.00. The Morgan fingerprint density at radius 2 is 1.68 bits per heavy atom. The van der Waals surface area contributed by atoms with Crippen molar-refractivity contribution in [1.29, 1.82) is 10.5 Å². The maximum atomic E-state index is 9.07. The molecule has 28 heavy (non-hydrogen) atoms. The summed E-state index contributed by atoms with van der Waals surface area (Å²) in [7, 11) is 0. The predicted molar refractivity (Wildman–Crippen MR) is 109 cm³/mol.